The summed E-state index contributed by atoms with van der Waals surface area (Å²) < 4.78 is 17.2. The average Bonchev–Trinajstić information content (AvgIpc) is 2.91. The van der Waals surface area contributed by atoms with Gasteiger partial charge in [-0.25, -0.2) is 4.99 Å². The number of nitrogens with zero attached hydrogens (tertiary/aromatic N) is 1. The van der Waals surface area contributed by atoms with Gasteiger partial charge in [-0.2, -0.15) is 0 Å². The van der Waals surface area contributed by atoms with Crippen LogP contribution in [0.1, 0.15) is 38.7 Å². The van der Waals surface area contributed by atoms with E-state index in [4.69, 9.17) is 25.8 Å². The summed E-state index contributed by atoms with van der Waals surface area (Å²) in [5, 5.41) is 7.23. The zero-order valence-corrected chi connectivity index (χ0v) is 16.3. The standard InChI is InChI=1S/C19H28ClN3O3/c1-3-21-18(23-13-19(2)6-4-9-26-19)22-12-14-10-15(20)17-16(11-14)24-7-5-8-25-17/h10-11H,3-9,12-13H2,1-2H3,(H2,21,22,23). The van der Waals surface area contributed by atoms with Crippen LogP contribution in [0, 0.1) is 0 Å². The second-order valence-corrected chi connectivity index (χ2v) is 7.31. The summed E-state index contributed by atoms with van der Waals surface area (Å²) in [5.74, 6) is 2.10. The van der Waals surface area contributed by atoms with E-state index in [1.807, 2.05) is 12.1 Å². The van der Waals surface area contributed by atoms with Gasteiger partial charge in [0, 0.05) is 26.1 Å². The molecule has 1 fully saturated rings. The molecule has 3 rings (SSSR count). The predicted molar refractivity (Wildman–Crippen MR) is 103 cm³/mol. The number of hydrogen-bond donors (Lipinski definition) is 2. The number of ether oxygens (including phenoxy) is 3. The molecule has 144 valence electrons. The molecule has 0 amide bonds. The number of rotatable bonds is 5. The van der Waals surface area contributed by atoms with Gasteiger partial charge in [0.05, 0.1) is 30.4 Å². The second kappa shape index (κ2) is 8.82. The molecule has 2 aliphatic heterocycles. The fraction of sp³-hybridized carbons (Fsp3) is 0.632. The number of nitrogens with one attached hydrogen (secondary N) is 2. The normalized spacial score (nSPS) is 22.8. The van der Waals surface area contributed by atoms with Gasteiger partial charge >= 0.3 is 0 Å². The van der Waals surface area contributed by atoms with Crippen LogP contribution in [0.5, 0.6) is 11.5 Å². The molecule has 0 aliphatic carbocycles. The Kier molecular flexibility index (Phi) is 6.48. The van der Waals surface area contributed by atoms with Crippen molar-refractivity contribution in [3.63, 3.8) is 0 Å². The lowest BCUT2D eigenvalue weighted by Gasteiger charge is -2.24. The maximum Gasteiger partial charge on any atom is 0.191 e. The fourth-order valence-electron chi connectivity index (χ4n) is 3.13. The first-order valence-electron chi connectivity index (χ1n) is 9.34. The van der Waals surface area contributed by atoms with E-state index >= 15 is 0 Å². The number of guanidine groups is 1. The fourth-order valence-corrected chi connectivity index (χ4v) is 3.42. The first-order chi connectivity index (χ1) is 12.6. The minimum Gasteiger partial charge on any atom is -0.489 e. The molecule has 0 saturated carbocycles. The Morgan fingerprint density at radius 1 is 1.19 bits per heavy atom. The van der Waals surface area contributed by atoms with Gasteiger partial charge in [0.25, 0.3) is 0 Å². The van der Waals surface area contributed by atoms with Crippen LogP contribution in [0.2, 0.25) is 5.02 Å². The van der Waals surface area contributed by atoms with E-state index in [9.17, 15) is 0 Å². The summed E-state index contributed by atoms with van der Waals surface area (Å²) in [6, 6.07) is 3.85. The molecule has 1 saturated heterocycles. The molecule has 1 aromatic carbocycles. The summed E-state index contributed by atoms with van der Waals surface area (Å²) in [4.78, 5) is 4.67. The molecule has 2 heterocycles. The van der Waals surface area contributed by atoms with Crippen molar-refractivity contribution in [1.29, 1.82) is 0 Å². The summed E-state index contributed by atoms with van der Waals surface area (Å²) in [6.45, 7) is 8.32. The SMILES string of the molecule is CCNC(=NCc1cc(Cl)c2c(c1)OCCCO2)NCC1(C)CCCO1. The van der Waals surface area contributed by atoms with Crippen LogP contribution in [-0.2, 0) is 11.3 Å². The van der Waals surface area contributed by atoms with E-state index in [0.717, 1.165) is 50.5 Å². The van der Waals surface area contributed by atoms with Crippen molar-refractivity contribution in [3.05, 3.63) is 22.7 Å². The molecular formula is C19H28ClN3O3. The van der Waals surface area contributed by atoms with E-state index in [0.29, 0.717) is 36.3 Å². The lowest BCUT2D eigenvalue weighted by Crippen LogP contribution is -2.45. The molecule has 0 bridgehead atoms. The molecule has 0 aromatic heterocycles. The molecule has 2 N–H and O–H groups in total. The Morgan fingerprint density at radius 2 is 2.04 bits per heavy atom. The highest BCUT2D eigenvalue weighted by Crippen LogP contribution is 2.38. The van der Waals surface area contributed by atoms with E-state index in [1.54, 1.807) is 0 Å². The Balaban J connectivity index is 1.67. The third kappa shape index (κ3) is 4.95. The second-order valence-electron chi connectivity index (χ2n) is 6.91. The Bertz CT molecular complexity index is 645. The van der Waals surface area contributed by atoms with Crippen LogP contribution in [0.15, 0.2) is 17.1 Å². The van der Waals surface area contributed by atoms with Crippen LogP contribution in [-0.4, -0.2) is 44.5 Å². The van der Waals surface area contributed by atoms with Crippen LogP contribution in [0.25, 0.3) is 0 Å². The van der Waals surface area contributed by atoms with Gasteiger partial charge in [0.15, 0.2) is 17.5 Å². The smallest absolute Gasteiger partial charge is 0.191 e. The molecule has 0 radical (unpaired) electrons. The van der Waals surface area contributed by atoms with Gasteiger partial charge < -0.3 is 24.8 Å². The first-order valence-corrected chi connectivity index (χ1v) is 9.71. The molecule has 2 aliphatic rings. The number of fused-ring (bicyclic) bond motifs is 1. The third-order valence-corrected chi connectivity index (χ3v) is 4.84. The van der Waals surface area contributed by atoms with Crippen molar-refractivity contribution in [2.75, 3.05) is 32.9 Å². The topological polar surface area (TPSA) is 64.1 Å². The Hall–Kier alpha value is -1.66. The molecule has 1 unspecified atom stereocenters. The maximum atomic E-state index is 6.36. The van der Waals surface area contributed by atoms with Crippen LogP contribution in [0.3, 0.4) is 0 Å². The highest BCUT2D eigenvalue weighted by molar-refractivity contribution is 6.32. The maximum absolute atomic E-state index is 6.36. The van der Waals surface area contributed by atoms with Gasteiger partial charge in [-0.05, 0) is 44.4 Å². The van der Waals surface area contributed by atoms with Gasteiger partial charge in [0.2, 0.25) is 0 Å². The summed E-state index contributed by atoms with van der Waals surface area (Å²) in [7, 11) is 0. The van der Waals surface area contributed by atoms with E-state index in [-0.39, 0.29) is 5.60 Å². The van der Waals surface area contributed by atoms with Crippen molar-refractivity contribution in [1.82, 2.24) is 10.6 Å². The van der Waals surface area contributed by atoms with Crippen LogP contribution in [0.4, 0.5) is 0 Å². The number of benzene rings is 1. The molecule has 0 spiro atoms. The van der Waals surface area contributed by atoms with Crippen LogP contribution < -0.4 is 20.1 Å². The largest absolute Gasteiger partial charge is 0.489 e. The Labute approximate surface area is 160 Å². The van der Waals surface area contributed by atoms with Crippen molar-refractivity contribution in [3.8, 4) is 11.5 Å². The molecule has 1 atom stereocenters. The number of halogens is 1. The average molecular weight is 382 g/mol. The monoisotopic (exact) mass is 381 g/mol. The number of aliphatic imine (C=N–C) groups is 1. The van der Waals surface area contributed by atoms with Crippen molar-refractivity contribution < 1.29 is 14.2 Å². The lowest BCUT2D eigenvalue weighted by molar-refractivity contribution is 0.0243. The Morgan fingerprint density at radius 3 is 2.81 bits per heavy atom. The number of hydrogen-bond acceptors (Lipinski definition) is 4. The highest BCUT2D eigenvalue weighted by Gasteiger charge is 2.29. The highest BCUT2D eigenvalue weighted by atomic mass is 35.5. The van der Waals surface area contributed by atoms with Gasteiger partial charge in [-0.3, -0.25) is 0 Å². The summed E-state index contributed by atoms with van der Waals surface area (Å²) >= 11 is 6.36. The van der Waals surface area contributed by atoms with Crippen molar-refractivity contribution >= 4 is 17.6 Å². The van der Waals surface area contributed by atoms with Crippen molar-refractivity contribution in [2.45, 2.75) is 45.3 Å². The van der Waals surface area contributed by atoms with Gasteiger partial charge in [-0.15, -0.1) is 0 Å². The summed E-state index contributed by atoms with van der Waals surface area (Å²) in [6.07, 6.45) is 3.03. The quantitative estimate of drug-likeness (QED) is 0.606. The van der Waals surface area contributed by atoms with E-state index in [1.165, 1.54) is 0 Å². The molecular weight excluding hydrogens is 354 g/mol. The molecule has 6 nitrogen and oxygen atoms in total. The zero-order valence-electron chi connectivity index (χ0n) is 15.6. The van der Waals surface area contributed by atoms with Gasteiger partial charge in [0.1, 0.15) is 0 Å². The first kappa shape index (κ1) is 19.1. The van der Waals surface area contributed by atoms with E-state index < -0.39 is 0 Å². The predicted octanol–water partition coefficient (Wildman–Crippen LogP) is 3.13. The minimum absolute atomic E-state index is 0.116. The minimum atomic E-state index is -0.116. The van der Waals surface area contributed by atoms with Crippen molar-refractivity contribution in [2.24, 2.45) is 4.99 Å². The molecule has 1 aromatic rings. The van der Waals surface area contributed by atoms with E-state index in [2.05, 4.69) is 29.5 Å². The molecule has 7 heteroatoms. The zero-order chi connectivity index (χ0) is 18.4. The van der Waals surface area contributed by atoms with Crippen LogP contribution >= 0.6 is 11.6 Å². The summed E-state index contributed by atoms with van der Waals surface area (Å²) in [5.41, 5.74) is 0.870. The third-order valence-electron chi connectivity index (χ3n) is 4.56. The molecule has 26 heavy (non-hydrogen) atoms. The lowest BCUT2D eigenvalue weighted by atomic mass is 10.0. The van der Waals surface area contributed by atoms with Gasteiger partial charge in [-0.1, -0.05) is 11.6 Å².